The highest BCUT2D eigenvalue weighted by atomic mass is 32.2. The molecule has 0 aromatic carbocycles. The van der Waals surface area contributed by atoms with Gasteiger partial charge in [-0.05, 0) is 6.42 Å². The minimum Gasteiger partial charge on any atom is -0.481 e. The Morgan fingerprint density at radius 2 is 1.87 bits per heavy atom. The van der Waals surface area contributed by atoms with E-state index in [0.29, 0.717) is 0 Å². The van der Waals surface area contributed by atoms with Crippen molar-refractivity contribution in [2.75, 3.05) is 12.3 Å². The zero-order valence-corrected chi connectivity index (χ0v) is 8.36. The lowest BCUT2D eigenvalue weighted by Crippen LogP contribution is -2.34. The van der Waals surface area contributed by atoms with Crippen LogP contribution >= 0.6 is 0 Å². The second-order valence-electron chi connectivity index (χ2n) is 2.77. The Labute approximate surface area is 84.3 Å². The van der Waals surface area contributed by atoms with E-state index in [1.165, 1.54) is 0 Å². The van der Waals surface area contributed by atoms with Crippen LogP contribution in [-0.4, -0.2) is 38.0 Å². The highest BCUT2D eigenvalue weighted by molar-refractivity contribution is 7.89. The second-order valence-corrected chi connectivity index (χ2v) is 4.57. The summed E-state index contributed by atoms with van der Waals surface area (Å²) in [6.07, 6.45) is -5.14. The summed E-state index contributed by atoms with van der Waals surface area (Å²) in [7, 11) is -4.41. The SMILES string of the molecule is O=C(O)CCCNS(=O)(=O)CC(F)(F)F. The van der Waals surface area contributed by atoms with Gasteiger partial charge in [-0.15, -0.1) is 0 Å². The summed E-state index contributed by atoms with van der Waals surface area (Å²) < 4.78 is 58.1. The molecular formula is C6H10F3NO4S. The van der Waals surface area contributed by atoms with Crippen LogP contribution in [0, 0.1) is 0 Å². The summed E-state index contributed by atoms with van der Waals surface area (Å²) >= 11 is 0. The fourth-order valence-electron chi connectivity index (χ4n) is 0.734. The number of rotatable bonds is 6. The first-order valence-electron chi connectivity index (χ1n) is 3.88. The summed E-state index contributed by atoms with van der Waals surface area (Å²) in [6.45, 7) is -0.315. The summed E-state index contributed by atoms with van der Waals surface area (Å²) in [5.74, 6) is -3.09. The van der Waals surface area contributed by atoms with Gasteiger partial charge in [0.15, 0.2) is 5.75 Å². The van der Waals surface area contributed by atoms with E-state index in [9.17, 15) is 26.4 Å². The zero-order chi connectivity index (χ0) is 12.1. The average Bonchev–Trinajstić information content (AvgIpc) is 1.93. The van der Waals surface area contributed by atoms with Crippen molar-refractivity contribution in [1.82, 2.24) is 4.72 Å². The molecule has 15 heavy (non-hydrogen) atoms. The van der Waals surface area contributed by atoms with Crippen molar-refractivity contribution in [3.05, 3.63) is 0 Å². The highest BCUT2D eigenvalue weighted by Crippen LogP contribution is 2.16. The highest BCUT2D eigenvalue weighted by Gasteiger charge is 2.34. The van der Waals surface area contributed by atoms with Gasteiger partial charge in [0.1, 0.15) is 0 Å². The number of halogens is 3. The molecule has 5 nitrogen and oxygen atoms in total. The molecule has 0 bridgehead atoms. The Bertz CT molecular complexity index is 311. The maximum absolute atomic E-state index is 11.7. The lowest BCUT2D eigenvalue weighted by molar-refractivity contribution is -0.137. The summed E-state index contributed by atoms with van der Waals surface area (Å²) in [5.41, 5.74) is 0. The molecule has 0 saturated carbocycles. The normalized spacial score (nSPS) is 12.7. The maximum atomic E-state index is 11.7. The number of sulfonamides is 1. The topological polar surface area (TPSA) is 83.5 Å². The Hall–Kier alpha value is -0.830. The van der Waals surface area contributed by atoms with Gasteiger partial charge in [0.05, 0.1) is 0 Å². The quantitative estimate of drug-likeness (QED) is 0.664. The monoisotopic (exact) mass is 249 g/mol. The Kier molecular flexibility index (Phi) is 5.01. The molecule has 0 aromatic rings. The van der Waals surface area contributed by atoms with Crippen LogP contribution in [0.1, 0.15) is 12.8 Å². The molecule has 0 unspecified atom stereocenters. The minimum absolute atomic E-state index is 0.0492. The van der Waals surface area contributed by atoms with E-state index in [1.807, 2.05) is 0 Å². The first kappa shape index (κ1) is 14.2. The number of carboxylic acid groups (broad SMARTS) is 1. The first-order chi connectivity index (χ1) is 6.62. The van der Waals surface area contributed by atoms with Gasteiger partial charge in [0.2, 0.25) is 10.0 Å². The van der Waals surface area contributed by atoms with E-state index in [2.05, 4.69) is 0 Å². The van der Waals surface area contributed by atoms with Gasteiger partial charge in [0, 0.05) is 13.0 Å². The van der Waals surface area contributed by atoms with Crippen molar-refractivity contribution in [2.24, 2.45) is 0 Å². The number of nitrogens with one attached hydrogen (secondary N) is 1. The van der Waals surface area contributed by atoms with Crippen LogP contribution < -0.4 is 4.72 Å². The molecule has 0 amide bonds. The zero-order valence-electron chi connectivity index (χ0n) is 7.54. The molecule has 0 heterocycles. The molecule has 0 atom stereocenters. The van der Waals surface area contributed by atoms with Crippen LogP contribution in [0.2, 0.25) is 0 Å². The molecule has 0 rings (SSSR count). The summed E-state index contributed by atoms with van der Waals surface area (Å²) in [6, 6.07) is 0. The van der Waals surface area contributed by atoms with Crippen LogP contribution in [0.5, 0.6) is 0 Å². The molecule has 0 aliphatic carbocycles. The van der Waals surface area contributed by atoms with Crippen LogP contribution in [0.15, 0.2) is 0 Å². The molecule has 0 aliphatic heterocycles. The number of carbonyl (C=O) groups is 1. The van der Waals surface area contributed by atoms with Gasteiger partial charge in [-0.2, -0.15) is 13.2 Å². The van der Waals surface area contributed by atoms with Gasteiger partial charge >= 0.3 is 12.1 Å². The summed E-state index contributed by atoms with van der Waals surface area (Å²) in [5, 5.41) is 8.17. The van der Waals surface area contributed by atoms with Crippen LogP contribution in [0.25, 0.3) is 0 Å². The third kappa shape index (κ3) is 9.47. The van der Waals surface area contributed by atoms with Crippen molar-refractivity contribution in [3.8, 4) is 0 Å². The largest absolute Gasteiger partial charge is 0.481 e. The first-order valence-corrected chi connectivity index (χ1v) is 5.53. The molecule has 90 valence electrons. The van der Waals surface area contributed by atoms with E-state index in [4.69, 9.17) is 5.11 Å². The van der Waals surface area contributed by atoms with Gasteiger partial charge < -0.3 is 5.11 Å². The Morgan fingerprint density at radius 3 is 2.27 bits per heavy atom. The number of carboxylic acids is 1. The minimum atomic E-state index is -4.79. The second kappa shape index (κ2) is 5.31. The molecule has 0 aliphatic rings. The number of aliphatic carboxylic acids is 1. The predicted molar refractivity (Wildman–Crippen MR) is 44.7 cm³/mol. The van der Waals surface area contributed by atoms with E-state index in [0.717, 1.165) is 0 Å². The van der Waals surface area contributed by atoms with E-state index in [1.54, 1.807) is 4.72 Å². The van der Waals surface area contributed by atoms with Crippen molar-refractivity contribution in [2.45, 2.75) is 19.0 Å². The lowest BCUT2D eigenvalue weighted by Gasteiger charge is -2.08. The summed E-state index contributed by atoms with van der Waals surface area (Å²) in [4.78, 5) is 10.00. The predicted octanol–water partition coefficient (Wildman–Crippen LogP) is 0.333. The van der Waals surface area contributed by atoms with Crippen molar-refractivity contribution in [3.63, 3.8) is 0 Å². The number of hydrogen-bond donors (Lipinski definition) is 2. The molecule has 0 radical (unpaired) electrons. The van der Waals surface area contributed by atoms with Crippen LogP contribution in [0.3, 0.4) is 0 Å². The Balaban J connectivity index is 3.91. The van der Waals surface area contributed by atoms with E-state index >= 15 is 0 Å². The molecule has 0 spiro atoms. The van der Waals surface area contributed by atoms with Crippen LogP contribution in [-0.2, 0) is 14.8 Å². The fraction of sp³-hybridized carbons (Fsp3) is 0.833. The van der Waals surface area contributed by atoms with Crippen molar-refractivity contribution >= 4 is 16.0 Å². The van der Waals surface area contributed by atoms with Crippen molar-refractivity contribution in [1.29, 1.82) is 0 Å². The third-order valence-electron chi connectivity index (χ3n) is 1.24. The smallest absolute Gasteiger partial charge is 0.404 e. The molecule has 9 heteroatoms. The van der Waals surface area contributed by atoms with E-state index < -0.39 is 27.9 Å². The molecular weight excluding hydrogens is 239 g/mol. The number of hydrogen-bond acceptors (Lipinski definition) is 3. The molecule has 0 saturated heterocycles. The molecule has 0 aromatic heterocycles. The van der Waals surface area contributed by atoms with Crippen molar-refractivity contribution < 1.29 is 31.5 Å². The lowest BCUT2D eigenvalue weighted by atomic mass is 10.3. The maximum Gasteiger partial charge on any atom is 0.404 e. The van der Waals surface area contributed by atoms with Gasteiger partial charge in [-0.1, -0.05) is 0 Å². The molecule has 2 N–H and O–H groups in total. The Morgan fingerprint density at radius 1 is 1.33 bits per heavy atom. The molecule has 0 fully saturated rings. The van der Waals surface area contributed by atoms with E-state index in [-0.39, 0.29) is 19.4 Å². The van der Waals surface area contributed by atoms with Gasteiger partial charge in [-0.25, -0.2) is 13.1 Å². The fourth-order valence-corrected chi connectivity index (χ4v) is 1.72. The van der Waals surface area contributed by atoms with Crippen LogP contribution in [0.4, 0.5) is 13.2 Å². The standard InChI is InChI=1S/C6H10F3NO4S/c7-6(8,9)4-15(13,14)10-3-1-2-5(11)12/h10H,1-4H2,(H,11,12). The number of alkyl halides is 3. The third-order valence-corrected chi connectivity index (χ3v) is 2.59. The average molecular weight is 249 g/mol. The van der Waals surface area contributed by atoms with Gasteiger partial charge in [0.25, 0.3) is 0 Å². The van der Waals surface area contributed by atoms with Gasteiger partial charge in [-0.3, -0.25) is 4.79 Å².